The number of hydrogen-bond donors (Lipinski definition) is 3. The van der Waals surface area contributed by atoms with E-state index in [0.717, 1.165) is 5.56 Å². The summed E-state index contributed by atoms with van der Waals surface area (Å²) in [7, 11) is 1.60. The number of benzene rings is 1. The number of para-hydroxylation sites is 1. The van der Waals surface area contributed by atoms with Crippen molar-refractivity contribution in [3.8, 4) is 0 Å². The SMILES string of the molecule is CNC(=O)[C@H]1CC(c2ccccc2N(C=NC(=O)OC(C)(C)C)NC(=O)OC(C)(C)C)CN1. The smallest absolute Gasteiger partial charge is 0.435 e. The van der Waals surface area contributed by atoms with Gasteiger partial charge in [-0.15, -0.1) is 0 Å². The maximum atomic E-state index is 12.5. The summed E-state index contributed by atoms with van der Waals surface area (Å²) >= 11 is 0. The maximum absolute atomic E-state index is 12.5. The second-order valence-electron chi connectivity index (χ2n) is 9.78. The molecule has 1 fully saturated rings. The highest BCUT2D eigenvalue weighted by atomic mass is 16.6. The molecule has 0 bridgehead atoms. The molecule has 0 aromatic heterocycles. The van der Waals surface area contributed by atoms with E-state index in [2.05, 4.69) is 21.1 Å². The first kappa shape index (κ1) is 26.1. The number of anilines is 1. The predicted octanol–water partition coefficient (Wildman–Crippen LogP) is 3.09. The molecule has 2 rings (SSSR count). The maximum Gasteiger partial charge on any atom is 0.435 e. The number of likely N-dealkylation sites (N-methyl/N-ethyl adjacent to an activating group) is 1. The summed E-state index contributed by atoms with van der Waals surface area (Å²) in [5.41, 5.74) is 2.68. The third kappa shape index (κ3) is 8.38. The molecule has 33 heavy (non-hydrogen) atoms. The minimum atomic E-state index is -0.793. The van der Waals surface area contributed by atoms with E-state index in [1.165, 1.54) is 11.3 Å². The lowest BCUT2D eigenvalue weighted by atomic mass is 9.94. The van der Waals surface area contributed by atoms with E-state index in [1.807, 2.05) is 18.2 Å². The molecule has 1 aromatic carbocycles. The van der Waals surface area contributed by atoms with E-state index in [-0.39, 0.29) is 17.9 Å². The van der Waals surface area contributed by atoms with Gasteiger partial charge in [-0.1, -0.05) is 18.2 Å². The van der Waals surface area contributed by atoms with Crippen LogP contribution >= 0.6 is 0 Å². The van der Waals surface area contributed by atoms with Gasteiger partial charge >= 0.3 is 12.2 Å². The Bertz CT molecular complexity index is 888. The van der Waals surface area contributed by atoms with Crippen molar-refractivity contribution in [2.75, 3.05) is 18.6 Å². The van der Waals surface area contributed by atoms with Crippen LogP contribution in [0.15, 0.2) is 29.3 Å². The molecule has 0 saturated carbocycles. The van der Waals surface area contributed by atoms with E-state index in [4.69, 9.17) is 9.47 Å². The van der Waals surface area contributed by atoms with Crippen molar-refractivity contribution in [3.63, 3.8) is 0 Å². The molecule has 1 saturated heterocycles. The van der Waals surface area contributed by atoms with Crippen LogP contribution in [0.5, 0.6) is 0 Å². The monoisotopic (exact) mass is 461 g/mol. The summed E-state index contributed by atoms with van der Waals surface area (Å²) in [5.74, 6) is -0.0773. The molecule has 0 aliphatic carbocycles. The molecule has 10 nitrogen and oxygen atoms in total. The van der Waals surface area contributed by atoms with E-state index in [1.54, 1.807) is 54.7 Å². The Labute approximate surface area is 195 Å². The Hall–Kier alpha value is -3.14. The van der Waals surface area contributed by atoms with E-state index in [9.17, 15) is 14.4 Å². The van der Waals surface area contributed by atoms with Gasteiger partial charge in [-0.05, 0) is 59.6 Å². The van der Waals surface area contributed by atoms with Crippen LogP contribution in [0.4, 0.5) is 15.3 Å². The topological polar surface area (TPSA) is 121 Å². The number of amides is 3. The average molecular weight is 462 g/mol. The van der Waals surface area contributed by atoms with Crippen LogP contribution in [0, 0.1) is 0 Å². The first-order valence-electron chi connectivity index (χ1n) is 10.9. The van der Waals surface area contributed by atoms with E-state index < -0.39 is 23.4 Å². The molecule has 2 atom stereocenters. The zero-order chi connectivity index (χ0) is 24.8. The number of carbonyl (C=O) groups excluding carboxylic acids is 3. The van der Waals surface area contributed by atoms with Gasteiger partial charge in [-0.3, -0.25) is 4.79 Å². The standard InChI is InChI=1S/C23H35N5O5/c1-22(2,3)32-20(30)26-14-28(27-21(31)33-23(4,5)6)18-11-9-8-10-16(18)15-12-17(25-13-15)19(29)24-7/h8-11,14-15,17,25H,12-13H2,1-7H3,(H,24,29)(H,27,31)/t15?,17-/m1/s1. The quantitative estimate of drug-likeness (QED) is 0.350. The molecule has 1 aliphatic heterocycles. The zero-order valence-electron chi connectivity index (χ0n) is 20.4. The number of nitrogens with one attached hydrogen (secondary N) is 3. The summed E-state index contributed by atoms with van der Waals surface area (Å²) < 4.78 is 10.6. The van der Waals surface area contributed by atoms with Crippen molar-refractivity contribution in [1.82, 2.24) is 16.1 Å². The van der Waals surface area contributed by atoms with Crippen LogP contribution in [-0.4, -0.2) is 55.3 Å². The van der Waals surface area contributed by atoms with Crippen molar-refractivity contribution < 1.29 is 23.9 Å². The summed E-state index contributed by atoms with van der Waals surface area (Å²) in [6.07, 6.45) is 0.272. The third-order valence-electron chi connectivity index (χ3n) is 4.61. The van der Waals surface area contributed by atoms with Gasteiger partial charge in [0, 0.05) is 19.5 Å². The molecule has 0 radical (unpaired) electrons. The first-order chi connectivity index (χ1) is 15.3. The number of hydrogen-bond acceptors (Lipinski definition) is 6. The molecule has 0 spiro atoms. The van der Waals surface area contributed by atoms with Crippen molar-refractivity contribution >= 4 is 30.1 Å². The lowest BCUT2D eigenvalue weighted by molar-refractivity contribution is -0.122. The number of carbonyl (C=O) groups is 3. The Morgan fingerprint density at radius 1 is 1.09 bits per heavy atom. The fourth-order valence-corrected chi connectivity index (χ4v) is 3.34. The Morgan fingerprint density at radius 3 is 2.33 bits per heavy atom. The molecule has 182 valence electrons. The van der Waals surface area contributed by atoms with Gasteiger partial charge in [0.25, 0.3) is 0 Å². The summed E-state index contributed by atoms with van der Waals surface area (Å²) in [6.45, 7) is 11.1. The van der Waals surface area contributed by atoms with Crippen LogP contribution < -0.4 is 21.1 Å². The van der Waals surface area contributed by atoms with Crippen LogP contribution in [0.2, 0.25) is 0 Å². The lowest BCUT2D eigenvalue weighted by Gasteiger charge is -2.27. The average Bonchev–Trinajstić information content (AvgIpc) is 3.18. The molecule has 3 amide bonds. The van der Waals surface area contributed by atoms with Gasteiger partial charge in [0.1, 0.15) is 17.5 Å². The fraction of sp³-hybridized carbons (Fsp3) is 0.565. The lowest BCUT2D eigenvalue weighted by Crippen LogP contribution is -2.45. The second kappa shape index (κ2) is 10.7. The van der Waals surface area contributed by atoms with Gasteiger partial charge < -0.3 is 20.1 Å². The molecule has 10 heteroatoms. The summed E-state index contributed by atoms with van der Waals surface area (Å²) in [4.78, 5) is 40.6. The number of nitrogens with zero attached hydrogens (tertiary/aromatic N) is 2. The number of hydrazine groups is 1. The number of aliphatic imine (C=N–C) groups is 1. The van der Waals surface area contributed by atoms with Gasteiger partial charge in [0.05, 0.1) is 11.7 Å². The highest BCUT2D eigenvalue weighted by Crippen LogP contribution is 2.32. The van der Waals surface area contributed by atoms with Crippen molar-refractivity contribution in [1.29, 1.82) is 0 Å². The molecular formula is C23H35N5O5. The minimum Gasteiger partial charge on any atom is -0.443 e. The van der Waals surface area contributed by atoms with Gasteiger partial charge in [-0.2, -0.15) is 4.99 Å². The van der Waals surface area contributed by atoms with Crippen LogP contribution in [0.25, 0.3) is 0 Å². The highest BCUT2D eigenvalue weighted by Gasteiger charge is 2.32. The fourth-order valence-electron chi connectivity index (χ4n) is 3.34. The minimum absolute atomic E-state index is 0.00126. The molecule has 3 N–H and O–H groups in total. The molecule has 1 aromatic rings. The van der Waals surface area contributed by atoms with E-state index in [0.29, 0.717) is 18.7 Å². The van der Waals surface area contributed by atoms with Gasteiger partial charge in [0.2, 0.25) is 5.91 Å². The Balaban J connectivity index is 2.33. The van der Waals surface area contributed by atoms with Gasteiger partial charge in [0.15, 0.2) is 0 Å². The summed E-state index contributed by atoms with van der Waals surface area (Å²) in [5, 5.41) is 7.21. The molecule has 1 aliphatic rings. The van der Waals surface area contributed by atoms with Gasteiger partial charge in [-0.25, -0.2) is 20.0 Å². The van der Waals surface area contributed by atoms with Crippen LogP contribution in [0.3, 0.4) is 0 Å². The largest absolute Gasteiger partial charge is 0.443 e. The van der Waals surface area contributed by atoms with Crippen molar-refractivity contribution in [3.05, 3.63) is 29.8 Å². The Morgan fingerprint density at radius 2 is 1.73 bits per heavy atom. The predicted molar refractivity (Wildman–Crippen MR) is 126 cm³/mol. The molecule has 1 unspecified atom stereocenters. The normalized spacial score (nSPS) is 18.6. The van der Waals surface area contributed by atoms with E-state index >= 15 is 0 Å². The zero-order valence-corrected chi connectivity index (χ0v) is 20.4. The summed E-state index contributed by atoms with van der Waals surface area (Å²) in [6, 6.07) is 7.08. The second-order valence-corrected chi connectivity index (χ2v) is 9.78. The number of rotatable bonds is 5. The van der Waals surface area contributed by atoms with Crippen molar-refractivity contribution in [2.24, 2.45) is 4.99 Å². The van der Waals surface area contributed by atoms with Crippen LogP contribution in [0.1, 0.15) is 59.4 Å². The highest BCUT2D eigenvalue weighted by molar-refractivity contribution is 5.91. The Kier molecular flexibility index (Phi) is 8.43. The number of ether oxygens (including phenoxy) is 2. The molecule has 1 heterocycles. The first-order valence-corrected chi connectivity index (χ1v) is 10.9. The van der Waals surface area contributed by atoms with Crippen molar-refractivity contribution in [2.45, 2.75) is 71.1 Å². The van der Waals surface area contributed by atoms with Crippen LogP contribution in [-0.2, 0) is 14.3 Å². The molecular weight excluding hydrogens is 426 g/mol. The third-order valence-corrected chi connectivity index (χ3v) is 4.61.